The predicted octanol–water partition coefficient (Wildman–Crippen LogP) is 3.84. The first-order chi connectivity index (χ1) is 10.2. The summed E-state index contributed by atoms with van der Waals surface area (Å²) in [5, 5.41) is 2.89. The third-order valence-electron chi connectivity index (χ3n) is 3.17. The molecule has 0 spiro atoms. The van der Waals surface area contributed by atoms with E-state index in [1.807, 2.05) is 30.3 Å². The molecular weight excluding hydrogens is 285 g/mol. The van der Waals surface area contributed by atoms with Crippen LogP contribution in [0.25, 0.3) is 0 Å². The van der Waals surface area contributed by atoms with E-state index in [1.54, 1.807) is 18.2 Å². The SMILES string of the molecule is CC(CNC(=O)CSc1ccccc1F)c1ccccc1. The van der Waals surface area contributed by atoms with Crippen molar-refractivity contribution >= 4 is 17.7 Å². The van der Waals surface area contributed by atoms with Crippen molar-refractivity contribution in [2.24, 2.45) is 0 Å². The van der Waals surface area contributed by atoms with Crippen molar-refractivity contribution < 1.29 is 9.18 Å². The lowest BCUT2D eigenvalue weighted by atomic mass is 10.0. The quantitative estimate of drug-likeness (QED) is 0.822. The van der Waals surface area contributed by atoms with Gasteiger partial charge in [0.1, 0.15) is 5.82 Å². The highest BCUT2D eigenvalue weighted by atomic mass is 32.2. The summed E-state index contributed by atoms with van der Waals surface area (Å²) in [7, 11) is 0. The fraction of sp³-hybridized carbons (Fsp3) is 0.235. The van der Waals surface area contributed by atoms with Crippen LogP contribution < -0.4 is 5.32 Å². The third kappa shape index (κ3) is 4.90. The van der Waals surface area contributed by atoms with E-state index >= 15 is 0 Å². The number of carbonyl (C=O) groups excluding carboxylic acids is 1. The minimum atomic E-state index is -0.284. The Morgan fingerprint density at radius 2 is 1.81 bits per heavy atom. The molecule has 0 radical (unpaired) electrons. The molecule has 0 saturated carbocycles. The topological polar surface area (TPSA) is 29.1 Å². The Hall–Kier alpha value is -1.81. The molecule has 4 heteroatoms. The zero-order valence-electron chi connectivity index (χ0n) is 11.9. The van der Waals surface area contributed by atoms with E-state index in [0.29, 0.717) is 11.4 Å². The van der Waals surface area contributed by atoms with E-state index < -0.39 is 0 Å². The van der Waals surface area contributed by atoms with Crippen LogP contribution in [0.3, 0.4) is 0 Å². The number of nitrogens with one attached hydrogen (secondary N) is 1. The zero-order chi connectivity index (χ0) is 15.1. The third-order valence-corrected chi connectivity index (χ3v) is 4.22. The first-order valence-corrected chi connectivity index (χ1v) is 7.84. The average molecular weight is 303 g/mol. The summed E-state index contributed by atoms with van der Waals surface area (Å²) in [6.07, 6.45) is 0. The van der Waals surface area contributed by atoms with Crippen LogP contribution >= 0.6 is 11.8 Å². The molecule has 1 amide bonds. The molecule has 0 bridgehead atoms. The van der Waals surface area contributed by atoms with Crippen LogP contribution in [-0.4, -0.2) is 18.2 Å². The van der Waals surface area contributed by atoms with Gasteiger partial charge in [-0.15, -0.1) is 11.8 Å². The molecule has 1 unspecified atom stereocenters. The molecule has 0 aliphatic rings. The van der Waals surface area contributed by atoms with Gasteiger partial charge in [0.15, 0.2) is 0 Å². The molecule has 2 nitrogen and oxygen atoms in total. The summed E-state index contributed by atoms with van der Waals surface area (Å²) in [5.74, 6) is 0.121. The van der Waals surface area contributed by atoms with Gasteiger partial charge in [0.2, 0.25) is 5.91 Å². The van der Waals surface area contributed by atoms with Crippen molar-refractivity contribution in [2.75, 3.05) is 12.3 Å². The lowest BCUT2D eigenvalue weighted by molar-refractivity contribution is -0.118. The summed E-state index contributed by atoms with van der Waals surface area (Å²) in [6, 6.07) is 16.5. The van der Waals surface area contributed by atoms with Gasteiger partial charge in [0.05, 0.1) is 5.75 Å². The van der Waals surface area contributed by atoms with Crippen LogP contribution in [0, 0.1) is 5.82 Å². The molecule has 0 aromatic heterocycles. The molecule has 0 aliphatic heterocycles. The molecule has 2 rings (SSSR count). The number of hydrogen-bond donors (Lipinski definition) is 1. The van der Waals surface area contributed by atoms with E-state index in [-0.39, 0.29) is 23.4 Å². The van der Waals surface area contributed by atoms with Gasteiger partial charge in [-0.3, -0.25) is 4.79 Å². The lowest BCUT2D eigenvalue weighted by Crippen LogP contribution is -2.29. The van der Waals surface area contributed by atoms with Gasteiger partial charge < -0.3 is 5.32 Å². The molecule has 110 valence electrons. The highest BCUT2D eigenvalue weighted by Gasteiger charge is 2.09. The molecule has 0 saturated heterocycles. The summed E-state index contributed by atoms with van der Waals surface area (Å²) in [5.41, 5.74) is 1.19. The molecule has 1 N–H and O–H groups in total. The summed E-state index contributed by atoms with van der Waals surface area (Å²) < 4.78 is 13.4. The summed E-state index contributed by atoms with van der Waals surface area (Å²) in [6.45, 7) is 2.65. The summed E-state index contributed by atoms with van der Waals surface area (Å²) >= 11 is 1.22. The Bertz CT molecular complexity index is 588. The van der Waals surface area contributed by atoms with Gasteiger partial charge in [0.25, 0.3) is 0 Å². The Morgan fingerprint density at radius 1 is 1.14 bits per heavy atom. The van der Waals surface area contributed by atoms with Crippen molar-refractivity contribution in [3.63, 3.8) is 0 Å². The minimum Gasteiger partial charge on any atom is -0.355 e. The maximum Gasteiger partial charge on any atom is 0.230 e. The molecular formula is C17H18FNOS. The van der Waals surface area contributed by atoms with Crippen molar-refractivity contribution in [3.05, 3.63) is 66.0 Å². The Balaban J connectivity index is 1.76. The Labute approximate surface area is 128 Å². The van der Waals surface area contributed by atoms with E-state index in [1.165, 1.54) is 23.4 Å². The molecule has 2 aromatic rings. The maximum atomic E-state index is 13.4. The van der Waals surface area contributed by atoms with Crippen LogP contribution in [0.15, 0.2) is 59.5 Å². The minimum absolute atomic E-state index is 0.0777. The zero-order valence-corrected chi connectivity index (χ0v) is 12.7. The van der Waals surface area contributed by atoms with Gasteiger partial charge in [0, 0.05) is 11.4 Å². The predicted molar refractivity (Wildman–Crippen MR) is 85.0 cm³/mol. The fourth-order valence-corrected chi connectivity index (χ4v) is 2.69. The highest BCUT2D eigenvalue weighted by Crippen LogP contribution is 2.20. The second kappa shape index (κ2) is 7.84. The number of rotatable bonds is 6. The second-order valence-electron chi connectivity index (χ2n) is 4.83. The van der Waals surface area contributed by atoms with Crippen molar-refractivity contribution in [3.8, 4) is 0 Å². The van der Waals surface area contributed by atoms with Crippen molar-refractivity contribution in [1.82, 2.24) is 5.32 Å². The molecule has 2 aromatic carbocycles. The second-order valence-corrected chi connectivity index (χ2v) is 5.85. The van der Waals surface area contributed by atoms with Gasteiger partial charge in [-0.1, -0.05) is 49.4 Å². The smallest absolute Gasteiger partial charge is 0.230 e. The van der Waals surface area contributed by atoms with Crippen molar-refractivity contribution in [2.45, 2.75) is 17.7 Å². The fourth-order valence-electron chi connectivity index (χ4n) is 1.92. The normalized spacial score (nSPS) is 11.9. The number of benzene rings is 2. The molecule has 0 aliphatic carbocycles. The first-order valence-electron chi connectivity index (χ1n) is 6.86. The van der Waals surface area contributed by atoms with Crippen LogP contribution in [0.5, 0.6) is 0 Å². The standard InChI is InChI=1S/C17H18FNOS/c1-13(14-7-3-2-4-8-14)11-19-17(20)12-21-16-10-6-5-9-15(16)18/h2-10,13H,11-12H2,1H3,(H,19,20). The van der Waals surface area contributed by atoms with Crippen LogP contribution in [0.1, 0.15) is 18.4 Å². The Morgan fingerprint density at radius 3 is 2.52 bits per heavy atom. The lowest BCUT2D eigenvalue weighted by Gasteiger charge is -2.13. The van der Waals surface area contributed by atoms with E-state index in [9.17, 15) is 9.18 Å². The average Bonchev–Trinajstić information content (AvgIpc) is 2.52. The van der Waals surface area contributed by atoms with Gasteiger partial charge in [-0.2, -0.15) is 0 Å². The number of amides is 1. The number of thioether (sulfide) groups is 1. The Kier molecular flexibility index (Phi) is 5.81. The number of hydrogen-bond acceptors (Lipinski definition) is 2. The van der Waals surface area contributed by atoms with Crippen LogP contribution in [0.4, 0.5) is 4.39 Å². The van der Waals surface area contributed by atoms with Gasteiger partial charge in [-0.05, 0) is 23.6 Å². The van der Waals surface area contributed by atoms with E-state index in [4.69, 9.17) is 0 Å². The monoisotopic (exact) mass is 303 g/mol. The van der Waals surface area contributed by atoms with Crippen LogP contribution in [-0.2, 0) is 4.79 Å². The van der Waals surface area contributed by atoms with Gasteiger partial charge in [-0.25, -0.2) is 4.39 Å². The molecule has 21 heavy (non-hydrogen) atoms. The van der Waals surface area contributed by atoms with E-state index in [0.717, 1.165) is 0 Å². The highest BCUT2D eigenvalue weighted by molar-refractivity contribution is 8.00. The molecule has 0 fully saturated rings. The first kappa shape index (κ1) is 15.6. The number of halogens is 1. The molecule has 0 heterocycles. The summed E-state index contributed by atoms with van der Waals surface area (Å²) in [4.78, 5) is 12.3. The largest absolute Gasteiger partial charge is 0.355 e. The maximum absolute atomic E-state index is 13.4. The van der Waals surface area contributed by atoms with Crippen molar-refractivity contribution in [1.29, 1.82) is 0 Å². The molecule has 1 atom stereocenters. The van der Waals surface area contributed by atoms with Gasteiger partial charge >= 0.3 is 0 Å². The number of carbonyl (C=O) groups is 1. The van der Waals surface area contributed by atoms with E-state index in [2.05, 4.69) is 12.2 Å². The van der Waals surface area contributed by atoms with Crippen LogP contribution in [0.2, 0.25) is 0 Å².